The Balaban J connectivity index is 2.13. The van der Waals surface area contributed by atoms with E-state index >= 15 is 0 Å². The molecule has 5 heteroatoms. The number of anilines is 1. The van der Waals surface area contributed by atoms with Gasteiger partial charge in [-0.1, -0.05) is 15.9 Å². The van der Waals surface area contributed by atoms with Crippen molar-refractivity contribution >= 4 is 32.9 Å². The van der Waals surface area contributed by atoms with Gasteiger partial charge in [0.25, 0.3) is 0 Å². The predicted octanol–water partition coefficient (Wildman–Crippen LogP) is 2.73. The second-order valence-electron chi connectivity index (χ2n) is 4.34. The number of nitrogens with zero attached hydrogens (tertiary/aromatic N) is 2. The number of halogens is 1. The van der Waals surface area contributed by atoms with Crippen LogP contribution >= 0.6 is 15.9 Å². The van der Waals surface area contributed by atoms with Gasteiger partial charge in [-0.25, -0.2) is 4.98 Å². The molecule has 0 saturated carbocycles. The van der Waals surface area contributed by atoms with Crippen LogP contribution in [0, 0.1) is 0 Å². The number of nitrogens with two attached hydrogens (primary N) is 1. The minimum absolute atomic E-state index is 0.308. The van der Waals surface area contributed by atoms with E-state index in [4.69, 9.17) is 10.5 Å². The highest BCUT2D eigenvalue weighted by atomic mass is 79.9. The monoisotopic (exact) mass is 295 g/mol. The number of imidazole rings is 1. The number of ether oxygens (including phenoxy) is 1. The highest BCUT2D eigenvalue weighted by molar-refractivity contribution is 9.10. The lowest BCUT2D eigenvalue weighted by Gasteiger charge is -2.24. The number of rotatable bonds is 1. The molecule has 3 rings (SSSR count). The van der Waals surface area contributed by atoms with Crippen molar-refractivity contribution in [2.24, 2.45) is 0 Å². The molecule has 0 aliphatic carbocycles. The fourth-order valence-electron chi connectivity index (χ4n) is 2.40. The van der Waals surface area contributed by atoms with Gasteiger partial charge in [-0.15, -0.1) is 0 Å². The Morgan fingerprint density at radius 3 is 3.12 bits per heavy atom. The van der Waals surface area contributed by atoms with Crippen molar-refractivity contribution in [3.8, 4) is 0 Å². The largest absolute Gasteiger partial charge is 0.379 e. The molecule has 1 aliphatic heterocycles. The average Bonchev–Trinajstić information content (AvgIpc) is 2.65. The third-order valence-electron chi connectivity index (χ3n) is 3.18. The quantitative estimate of drug-likeness (QED) is 0.880. The zero-order valence-corrected chi connectivity index (χ0v) is 11.0. The van der Waals surface area contributed by atoms with Crippen LogP contribution in [0.4, 0.5) is 5.95 Å². The van der Waals surface area contributed by atoms with E-state index in [-0.39, 0.29) is 0 Å². The smallest absolute Gasteiger partial charge is 0.201 e. The molecule has 2 N–H and O–H groups in total. The van der Waals surface area contributed by atoms with Gasteiger partial charge >= 0.3 is 0 Å². The lowest BCUT2D eigenvalue weighted by Crippen LogP contribution is -2.22. The molecular weight excluding hydrogens is 282 g/mol. The standard InChI is InChI=1S/C12H14BrN3O/c13-8-3-4-10-11(6-8)16(12(14)15-10)9-2-1-5-17-7-9/h3-4,6,9H,1-2,5,7H2,(H2,14,15). The van der Waals surface area contributed by atoms with E-state index < -0.39 is 0 Å². The molecule has 1 aromatic carbocycles. The normalized spacial score (nSPS) is 20.9. The summed E-state index contributed by atoms with van der Waals surface area (Å²) in [6, 6.07) is 6.34. The molecular formula is C12H14BrN3O. The Labute approximate surface area is 108 Å². The topological polar surface area (TPSA) is 53.1 Å². The summed E-state index contributed by atoms with van der Waals surface area (Å²) >= 11 is 3.49. The van der Waals surface area contributed by atoms with Gasteiger partial charge in [0.15, 0.2) is 0 Å². The molecule has 1 aromatic heterocycles. The van der Waals surface area contributed by atoms with Crippen LogP contribution in [0.5, 0.6) is 0 Å². The molecule has 1 unspecified atom stereocenters. The Kier molecular flexibility index (Phi) is 2.80. The summed E-state index contributed by atoms with van der Waals surface area (Å²) in [6.45, 7) is 1.58. The summed E-state index contributed by atoms with van der Waals surface area (Å²) in [7, 11) is 0. The van der Waals surface area contributed by atoms with Crippen molar-refractivity contribution in [2.45, 2.75) is 18.9 Å². The first-order valence-electron chi connectivity index (χ1n) is 5.76. The van der Waals surface area contributed by atoms with Crippen molar-refractivity contribution < 1.29 is 4.74 Å². The van der Waals surface area contributed by atoms with Crippen LogP contribution in [0.2, 0.25) is 0 Å². The molecule has 1 atom stereocenters. The summed E-state index contributed by atoms with van der Waals surface area (Å²) in [4.78, 5) is 4.39. The fraction of sp³-hybridized carbons (Fsp3) is 0.417. The molecule has 1 aliphatic rings. The molecule has 0 radical (unpaired) electrons. The maximum absolute atomic E-state index is 6.02. The first kappa shape index (κ1) is 11.0. The lowest BCUT2D eigenvalue weighted by molar-refractivity contribution is 0.0611. The van der Waals surface area contributed by atoms with Crippen molar-refractivity contribution in [1.29, 1.82) is 0 Å². The van der Waals surface area contributed by atoms with Crippen molar-refractivity contribution in [2.75, 3.05) is 18.9 Å². The van der Waals surface area contributed by atoms with Gasteiger partial charge in [-0.05, 0) is 31.0 Å². The fourth-order valence-corrected chi connectivity index (χ4v) is 2.74. The highest BCUT2D eigenvalue weighted by Gasteiger charge is 2.20. The lowest BCUT2D eigenvalue weighted by atomic mass is 10.1. The maximum Gasteiger partial charge on any atom is 0.201 e. The van der Waals surface area contributed by atoms with Gasteiger partial charge in [0.1, 0.15) is 0 Å². The number of nitrogen functional groups attached to an aromatic ring is 1. The molecule has 4 nitrogen and oxygen atoms in total. The Hall–Kier alpha value is -1.07. The summed E-state index contributed by atoms with van der Waals surface area (Å²) in [5, 5.41) is 0. The second-order valence-corrected chi connectivity index (χ2v) is 5.26. The summed E-state index contributed by atoms with van der Waals surface area (Å²) in [5.41, 5.74) is 8.03. The minimum Gasteiger partial charge on any atom is -0.379 e. The average molecular weight is 296 g/mol. The van der Waals surface area contributed by atoms with Gasteiger partial charge in [0.05, 0.1) is 23.7 Å². The van der Waals surface area contributed by atoms with Crippen molar-refractivity contribution in [1.82, 2.24) is 9.55 Å². The summed E-state index contributed by atoms with van der Waals surface area (Å²) < 4.78 is 8.66. The Morgan fingerprint density at radius 1 is 1.47 bits per heavy atom. The first-order valence-corrected chi connectivity index (χ1v) is 6.56. The summed E-state index contributed by atoms with van der Waals surface area (Å²) in [5.74, 6) is 0.577. The number of hydrogen-bond acceptors (Lipinski definition) is 3. The van der Waals surface area contributed by atoms with E-state index in [1.165, 1.54) is 0 Å². The van der Waals surface area contributed by atoms with E-state index in [1.807, 2.05) is 12.1 Å². The van der Waals surface area contributed by atoms with Crippen LogP contribution in [0.3, 0.4) is 0 Å². The molecule has 0 amide bonds. The van der Waals surface area contributed by atoms with Gasteiger partial charge in [0, 0.05) is 11.1 Å². The van der Waals surface area contributed by atoms with Gasteiger partial charge in [-0.2, -0.15) is 0 Å². The Bertz CT molecular complexity index is 546. The third kappa shape index (κ3) is 1.93. The molecule has 0 spiro atoms. The molecule has 1 saturated heterocycles. The number of benzene rings is 1. The second kappa shape index (κ2) is 4.31. The van der Waals surface area contributed by atoms with Crippen LogP contribution in [0.25, 0.3) is 11.0 Å². The maximum atomic E-state index is 6.02. The number of fused-ring (bicyclic) bond motifs is 1. The zero-order chi connectivity index (χ0) is 11.8. The first-order chi connectivity index (χ1) is 8.25. The SMILES string of the molecule is Nc1nc2ccc(Br)cc2n1C1CCCOC1. The highest BCUT2D eigenvalue weighted by Crippen LogP contribution is 2.29. The summed E-state index contributed by atoms with van der Waals surface area (Å²) in [6.07, 6.45) is 2.18. The van der Waals surface area contributed by atoms with Crippen LogP contribution in [0.15, 0.2) is 22.7 Å². The third-order valence-corrected chi connectivity index (χ3v) is 3.67. The number of aromatic nitrogens is 2. The van der Waals surface area contributed by atoms with Gasteiger partial charge < -0.3 is 15.0 Å². The van der Waals surface area contributed by atoms with E-state index in [0.29, 0.717) is 12.0 Å². The van der Waals surface area contributed by atoms with E-state index in [0.717, 1.165) is 41.6 Å². The molecule has 17 heavy (non-hydrogen) atoms. The van der Waals surface area contributed by atoms with Gasteiger partial charge in [0.2, 0.25) is 5.95 Å². The molecule has 0 bridgehead atoms. The number of hydrogen-bond donors (Lipinski definition) is 1. The van der Waals surface area contributed by atoms with Crippen LogP contribution < -0.4 is 5.73 Å². The zero-order valence-electron chi connectivity index (χ0n) is 9.40. The van der Waals surface area contributed by atoms with E-state index in [2.05, 4.69) is 31.5 Å². The van der Waals surface area contributed by atoms with Crippen LogP contribution in [-0.4, -0.2) is 22.8 Å². The van der Waals surface area contributed by atoms with Crippen molar-refractivity contribution in [3.05, 3.63) is 22.7 Å². The van der Waals surface area contributed by atoms with Gasteiger partial charge in [-0.3, -0.25) is 0 Å². The van der Waals surface area contributed by atoms with Crippen LogP contribution in [0.1, 0.15) is 18.9 Å². The van der Waals surface area contributed by atoms with Crippen LogP contribution in [-0.2, 0) is 4.74 Å². The molecule has 2 aromatic rings. The molecule has 90 valence electrons. The minimum atomic E-state index is 0.308. The Morgan fingerprint density at radius 2 is 2.35 bits per heavy atom. The molecule has 2 heterocycles. The van der Waals surface area contributed by atoms with Crippen molar-refractivity contribution in [3.63, 3.8) is 0 Å². The predicted molar refractivity (Wildman–Crippen MR) is 70.9 cm³/mol. The van der Waals surface area contributed by atoms with E-state index in [9.17, 15) is 0 Å². The molecule has 1 fully saturated rings. The van der Waals surface area contributed by atoms with E-state index in [1.54, 1.807) is 0 Å².